The van der Waals surface area contributed by atoms with Crippen LogP contribution in [0.15, 0.2) is 37.4 Å². The van der Waals surface area contributed by atoms with Crippen molar-refractivity contribution in [3.8, 4) is 0 Å². The number of carbonyl (C=O) groups is 8. The first kappa shape index (κ1) is 103. The summed E-state index contributed by atoms with van der Waals surface area (Å²) in [6, 6.07) is 7.57. The largest absolute Gasteiger partial charge is 0.394 e. The number of H-pyrrole nitrogens is 2. The zero-order valence-electron chi connectivity index (χ0n) is 71.7. The molecule has 3 aromatic heterocycles. The summed E-state index contributed by atoms with van der Waals surface area (Å²) in [5.41, 5.74) is 11.2. The molecule has 128 heavy (non-hydrogen) atoms. The summed E-state index contributed by atoms with van der Waals surface area (Å²) in [5, 5.41) is 176. The number of amides is 8. The van der Waals surface area contributed by atoms with Crippen LogP contribution in [0.4, 0.5) is 0 Å². The van der Waals surface area contributed by atoms with Crippen LogP contribution < -0.4 is 31.9 Å². The number of rotatable bonds is 46. The molecule has 20 atom stereocenters. The number of carbonyl (C=O) groups excluding carboxylic acids is 8. The molecule has 0 unspecified atom stereocenters. The van der Waals surface area contributed by atoms with E-state index in [9.17, 15) is 120 Å². The number of nitrogens with zero attached hydrogens (tertiary/aromatic N) is 4. The van der Waals surface area contributed by atoms with Crippen molar-refractivity contribution in [3.63, 3.8) is 0 Å². The molecule has 0 saturated carbocycles. The van der Waals surface area contributed by atoms with Crippen LogP contribution in [0, 0.1) is 13.8 Å². The molecule has 8 bridgehead atoms. The number of ether oxygens (including phenoxy) is 8. The van der Waals surface area contributed by atoms with Gasteiger partial charge in [0.1, 0.15) is 97.7 Å². The zero-order valence-corrected chi connectivity index (χ0v) is 71.7. The van der Waals surface area contributed by atoms with E-state index in [4.69, 9.17) is 47.9 Å². The lowest BCUT2D eigenvalue weighted by molar-refractivity contribution is -0.236. The SMILES string of the molecule is C=Cc1c(C)c2cc3[nH]c(cc4nc(cc5nc(cc1[nH]2)C(C)=C5CCC(=O)NCCC(=O)N(CCOCCC(=O)N[C@@H]1O[C@H](CO)[C@H](O)[C@H](O)[C@H]1O)CCOCCC(=O)N[C@@H]1O[C@H](CO)[C@H](O)[C@H](O)[C@H]1O)C(CCC(=O)NCCC(=O)N(CCOCCC(=O)N[C@@H]1O[C@H](CO)[C@H](O)[C@H](O)[C@H]1O)CCOCCC(=O)N[C@@H]1O[C@H](CO)[C@H](O)[C@H](O)[C@H]1O)=C4C)c(C)c3C=C. The molecule has 6 aliphatic heterocycles. The van der Waals surface area contributed by atoms with Gasteiger partial charge in [-0.3, -0.25) is 38.4 Å². The minimum absolute atomic E-state index is 0.0612. The Labute approximate surface area is 735 Å². The summed E-state index contributed by atoms with van der Waals surface area (Å²) in [7, 11) is 0. The number of aliphatic hydroxyl groups is 16. The Hall–Kier alpha value is -9.12. The monoisotopic (exact) mass is 1810 g/mol. The van der Waals surface area contributed by atoms with E-state index in [1.54, 1.807) is 18.2 Å². The fourth-order valence-electron chi connectivity index (χ4n) is 15.2. The molecular formula is C84H122N12O32. The topological polar surface area (TPSA) is 670 Å². The fourth-order valence-corrected chi connectivity index (χ4v) is 15.2. The predicted molar refractivity (Wildman–Crippen MR) is 452 cm³/mol. The molecule has 4 fully saturated rings. The highest BCUT2D eigenvalue weighted by molar-refractivity contribution is 5.98. The van der Waals surface area contributed by atoms with Gasteiger partial charge in [-0.25, -0.2) is 9.97 Å². The lowest BCUT2D eigenvalue weighted by Gasteiger charge is -2.40. The van der Waals surface area contributed by atoms with Gasteiger partial charge in [-0.1, -0.05) is 25.3 Å². The summed E-state index contributed by atoms with van der Waals surface area (Å²) in [5.74, 6) is -4.53. The molecule has 44 nitrogen and oxygen atoms in total. The maximum Gasteiger partial charge on any atom is 0.224 e. The zero-order chi connectivity index (χ0) is 93.3. The van der Waals surface area contributed by atoms with Gasteiger partial charge < -0.3 is 171 Å². The first-order chi connectivity index (χ1) is 61.1. The smallest absolute Gasteiger partial charge is 0.224 e. The van der Waals surface area contributed by atoms with Crippen LogP contribution in [0.1, 0.15) is 123 Å². The average molecular weight is 1810 g/mol. The van der Waals surface area contributed by atoms with Gasteiger partial charge in [-0.15, -0.1) is 0 Å². The molecule has 0 aromatic carbocycles. The molecule has 0 aliphatic carbocycles. The van der Waals surface area contributed by atoms with Crippen molar-refractivity contribution >= 4 is 104 Å². The molecule has 24 N–H and O–H groups in total. The summed E-state index contributed by atoms with van der Waals surface area (Å²) >= 11 is 0. The fraction of sp³-hybridized carbons (Fsp3) is 0.619. The van der Waals surface area contributed by atoms with E-state index in [2.05, 4.69) is 55.0 Å². The van der Waals surface area contributed by atoms with E-state index in [0.29, 0.717) is 39.4 Å². The lowest BCUT2D eigenvalue weighted by Crippen LogP contribution is -2.63. The standard InChI is InChI=1S/C84H122N12O32/c1-7-45-41(3)49-33-50-43(5)47(9-11-61(101)85-19-13-67(107)95(21-29-121-25-15-63(103)91-81-77(117)73(113)69(109)57(37-97)125-81)22-30-122-26-16-64(104)92-82-78(118)74(114)70(110)58(38-98)126-82)55(89-50)36-56-48(44(6)52(90-56)35-54-46(8-2)42(4)51(88-54)34-53(45)87-49)10-12-62(102)86-20-14-68(108)96(23-31-123-27-17-65(105)93-83-79(119)75(115)71(111)59(39-99)127-83)24-32-124-28-18-66(106)94-84-80(120)76(116)72(112)60(40-100)128-84/h7-8,33-36,57-60,69-84,87-88,97-100,109-120H,1-2,9-32,37-40H2,3-6H3,(H,85,101)(H,86,102)(H,91,103)(H,92,104)(H,93,105)(H,94,106)/t57-,58-,59-,60-,69+,70+,71+,72+,73+,74+,75+,76+,77-,78-,79-,80-,81-,82-,83-,84-/m1/s1. The van der Waals surface area contributed by atoms with Gasteiger partial charge in [0.15, 0.2) is 24.9 Å². The van der Waals surface area contributed by atoms with Crippen molar-refractivity contribution in [1.82, 2.24) is 61.6 Å². The average Bonchev–Trinajstić information content (AvgIpc) is 1.62. The van der Waals surface area contributed by atoms with Gasteiger partial charge in [0, 0.05) is 98.1 Å². The summed E-state index contributed by atoms with van der Waals surface area (Å²) in [6.45, 7) is 11.2. The quantitative estimate of drug-likeness (QED) is 0.0234. The van der Waals surface area contributed by atoms with Gasteiger partial charge >= 0.3 is 0 Å². The van der Waals surface area contributed by atoms with Gasteiger partial charge in [-0.05, 0) is 98.2 Å². The van der Waals surface area contributed by atoms with Crippen molar-refractivity contribution in [2.45, 2.75) is 214 Å². The number of hydrogen-bond donors (Lipinski definition) is 24. The Kier molecular flexibility index (Phi) is 39.5. The number of aromatic nitrogens is 4. The number of aromatic amines is 2. The van der Waals surface area contributed by atoms with Gasteiger partial charge in [-0.2, -0.15) is 0 Å². The Morgan fingerprint density at radius 1 is 0.367 bits per heavy atom. The van der Waals surface area contributed by atoms with Crippen molar-refractivity contribution in [3.05, 3.63) is 82.5 Å². The van der Waals surface area contributed by atoms with Crippen molar-refractivity contribution < 1.29 is 158 Å². The number of nitrogens with one attached hydrogen (secondary N) is 8. The Morgan fingerprint density at radius 3 is 0.938 bits per heavy atom. The van der Waals surface area contributed by atoms with Crippen LogP contribution in [0.25, 0.3) is 56.5 Å². The van der Waals surface area contributed by atoms with E-state index in [-0.39, 0.29) is 156 Å². The van der Waals surface area contributed by atoms with Crippen LogP contribution in [0.5, 0.6) is 0 Å². The maximum absolute atomic E-state index is 14.1. The number of hydrogen-bond acceptors (Lipinski definition) is 34. The Bertz CT molecular complexity index is 4440. The third kappa shape index (κ3) is 27.0. The highest BCUT2D eigenvalue weighted by Gasteiger charge is 2.48. The molecule has 6 aliphatic rings. The van der Waals surface area contributed by atoms with Crippen LogP contribution in [0.2, 0.25) is 0 Å². The normalized spacial score (nSPS) is 26.5. The number of aryl methyl sites for hydroxylation is 2. The third-order valence-corrected chi connectivity index (χ3v) is 23.0. The first-order valence-electron chi connectivity index (χ1n) is 42.4. The minimum Gasteiger partial charge on any atom is -0.394 e. The van der Waals surface area contributed by atoms with E-state index < -0.39 is 196 Å². The van der Waals surface area contributed by atoms with E-state index in [1.165, 1.54) is 9.80 Å². The van der Waals surface area contributed by atoms with E-state index in [1.807, 2.05) is 45.9 Å². The molecule has 4 saturated heterocycles. The summed E-state index contributed by atoms with van der Waals surface area (Å²) in [6.07, 6.45) is -29.5. The molecular weight excluding hydrogens is 1690 g/mol. The van der Waals surface area contributed by atoms with Crippen molar-refractivity contribution in [2.75, 3.05) is 119 Å². The van der Waals surface area contributed by atoms with Gasteiger partial charge in [0.25, 0.3) is 0 Å². The maximum atomic E-state index is 14.1. The highest BCUT2D eigenvalue weighted by atomic mass is 16.6. The first-order valence-corrected chi connectivity index (χ1v) is 42.4. The van der Waals surface area contributed by atoms with Crippen LogP contribution in [-0.2, 0) is 76.3 Å². The second kappa shape index (κ2) is 49.2. The molecule has 44 heteroatoms. The number of aliphatic hydroxyl groups excluding tert-OH is 16. The predicted octanol–water partition coefficient (Wildman–Crippen LogP) is -6.40. The molecule has 8 amide bonds. The highest BCUT2D eigenvalue weighted by Crippen LogP contribution is 2.39. The Morgan fingerprint density at radius 2 is 0.648 bits per heavy atom. The molecule has 3 aromatic rings. The second-order valence-corrected chi connectivity index (χ2v) is 31.6. The second-order valence-electron chi connectivity index (χ2n) is 31.6. The van der Waals surface area contributed by atoms with E-state index in [0.717, 1.165) is 50.0 Å². The van der Waals surface area contributed by atoms with Gasteiger partial charge in [0.05, 0.1) is 128 Å². The van der Waals surface area contributed by atoms with Crippen LogP contribution in [-0.4, -0.2) is 400 Å². The van der Waals surface area contributed by atoms with Gasteiger partial charge in [0.2, 0.25) is 47.3 Å². The number of allylic oxidation sites excluding steroid dienone is 4. The molecule has 9 rings (SSSR count). The molecule has 0 spiro atoms. The van der Waals surface area contributed by atoms with Crippen LogP contribution in [0.3, 0.4) is 0 Å². The minimum atomic E-state index is -1.74. The van der Waals surface area contributed by atoms with Crippen molar-refractivity contribution in [1.29, 1.82) is 0 Å². The van der Waals surface area contributed by atoms with E-state index >= 15 is 0 Å². The Balaban J connectivity index is 0.858. The lowest BCUT2D eigenvalue weighted by atomic mass is 9.98. The van der Waals surface area contributed by atoms with Crippen LogP contribution >= 0.6 is 0 Å². The van der Waals surface area contributed by atoms with Crippen molar-refractivity contribution in [2.24, 2.45) is 0 Å². The summed E-state index contributed by atoms with van der Waals surface area (Å²) < 4.78 is 44.3. The molecule has 710 valence electrons. The molecule has 0 radical (unpaired) electrons. The number of fused-ring (bicyclic) bond motifs is 8. The third-order valence-electron chi connectivity index (χ3n) is 23.0. The summed E-state index contributed by atoms with van der Waals surface area (Å²) in [4.78, 5) is 128. The molecule has 9 heterocycles.